The lowest BCUT2D eigenvalue weighted by Gasteiger charge is -1.57. The van der Waals surface area contributed by atoms with Crippen LogP contribution in [0.15, 0.2) is 17.0 Å². The van der Waals surface area contributed by atoms with Gasteiger partial charge in [-0.25, -0.2) is 0 Å². The molecule has 0 amide bonds. The fraction of sp³-hybridized carbons (Fsp3) is 0. The first kappa shape index (κ1) is 4.11. The summed E-state index contributed by atoms with van der Waals surface area (Å²) in [6.45, 7) is 0. The van der Waals surface area contributed by atoms with Gasteiger partial charge in [-0.1, -0.05) is 5.16 Å². The number of hydrogen-bond acceptors (Lipinski definition) is 2. The summed E-state index contributed by atoms with van der Waals surface area (Å²) >= 11 is 2.12. The van der Waals surface area contributed by atoms with E-state index in [1.165, 1.54) is 0 Å². The monoisotopic (exact) mass is 195 g/mol. The summed E-state index contributed by atoms with van der Waals surface area (Å²) in [4.78, 5) is 0. The number of aromatic nitrogens is 1. The lowest BCUT2D eigenvalue weighted by atomic mass is 10.8. The average molecular weight is 195 g/mol. The maximum absolute atomic E-state index is 4.46. The van der Waals surface area contributed by atoms with Gasteiger partial charge in [-0.3, -0.25) is 0 Å². The number of halogens is 1. The van der Waals surface area contributed by atoms with Crippen molar-refractivity contribution in [3.05, 3.63) is 16.0 Å². The van der Waals surface area contributed by atoms with E-state index in [1.54, 1.807) is 12.5 Å². The Morgan fingerprint density at radius 3 is 2.83 bits per heavy atom. The molecule has 1 heterocycles. The van der Waals surface area contributed by atoms with Crippen molar-refractivity contribution in [3.63, 3.8) is 0 Å². The molecular weight excluding hydrogens is 193 g/mol. The van der Waals surface area contributed by atoms with Gasteiger partial charge in [-0.05, 0) is 22.6 Å². The Bertz CT molecular complexity index is 114. The van der Waals surface area contributed by atoms with E-state index in [9.17, 15) is 0 Å². The topological polar surface area (TPSA) is 26.0 Å². The van der Waals surface area contributed by atoms with Crippen LogP contribution in [0, 0.1) is 3.57 Å². The first-order chi connectivity index (χ1) is 2.89. The van der Waals surface area contributed by atoms with E-state index in [0.29, 0.717) is 0 Å². The van der Waals surface area contributed by atoms with Crippen LogP contribution in [0.25, 0.3) is 0 Å². The summed E-state index contributed by atoms with van der Waals surface area (Å²) in [5.74, 6) is 0. The molecule has 1 aromatic rings. The second-order valence-corrected chi connectivity index (χ2v) is 2.09. The highest BCUT2D eigenvalue weighted by Crippen LogP contribution is 1.98. The highest BCUT2D eigenvalue weighted by Gasteiger charge is 1.80. The van der Waals surface area contributed by atoms with Gasteiger partial charge in [0.15, 0.2) is 0 Å². The van der Waals surface area contributed by atoms with E-state index in [-0.39, 0.29) is 0 Å². The number of rotatable bonds is 0. The first-order valence-electron chi connectivity index (χ1n) is 1.44. The first-order valence-corrected chi connectivity index (χ1v) is 2.52. The minimum absolute atomic E-state index is 1.03. The predicted octanol–water partition coefficient (Wildman–Crippen LogP) is 1.28. The van der Waals surface area contributed by atoms with Crippen LogP contribution in [0.1, 0.15) is 0 Å². The molecule has 0 aliphatic heterocycles. The molecule has 0 saturated heterocycles. The Balaban J connectivity index is 3.05. The molecule has 0 aliphatic carbocycles. The van der Waals surface area contributed by atoms with Gasteiger partial charge in [-0.2, -0.15) is 0 Å². The van der Waals surface area contributed by atoms with Crippen molar-refractivity contribution in [2.75, 3.05) is 0 Å². The van der Waals surface area contributed by atoms with Crippen LogP contribution in [0.5, 0.6) is 0 Å². The zero-order chi connectivity index (χ0) is 4.41. The molecule has 1 rings (SSSR count). The average Bonchev–Trinajstić information content (AvgIpc) is 1.86. The summed E-state index contributed by atoms with van der Waals surface area (Å²) in [5.41, 5.74) is 0. The molecule has 0 saturated carbocycles. The van der Waals surface area contributed by atoms with Crippen LogP contribution in [0.3, 0.4) is 0 Å². The molecule has 6 heavy (non-hydrogen) atoms. The van der Waals surface area contributed by atoms with Gasteiger partial charge in [0.25, 0.3) is 0 Å². The standard InChI is InChI=1S/C3H2INO/c4-3-1-5-6-2-3/h1-2H. The van der Waals surface area contributed by atoms with Crippen LogP contribution < -0.4 is 0 Å². The highest BCUT2D eigenvalue weighted by molar-refractivity contribution is 14.1. The van der Waals surface area contributed by atoms with Crippen LogP contribution in [0.4, 0.5) is 0 Å². The Labute approximate surface area is 48.7 Å². The smallest absolute Gasteiger partial charge is 0.137 e. The zero-order valence-electron chi connectivity index (χ0n) is 2.89. The van der Waals surface area contributed by atoms with E-state index in [2.05, 4.69) is 32.3 Å². The van der Waals surface area contributed by atoms with E-state index >= 15 is 0 Å². The molecule has 0 spiro atoms. The molecule has 0 bridgehead atoms. The molecule has 0 fully saturated rings. The lowest BCUT2D eigenvalue weighted by molar-refractivity contribution is 0.419. The third kappa shape index (κ3) is 0.707. The fourth-order valence-corrected chi connectivity index (χ4v) is 0.419. The maximum atomic E-state index is 4.46. The Morgan fingerprint density at radius 2 is 2.67 bits per heavy atom. The minimum atomic E-state index is 1.03. The number of hydrogen-bond donors (Lipinski definition) is 0. The van der Waals surface area contributed by atoms with Gasteiger partial charge in [0.2, 0.25) is 0 Å². The van der Waals surface area contributed by atoms with Gasteiger partial charge in [-0.15, -0.1) is 0 Å². The molecule has 0 aromatic carbocycles. The minimum Gasteiger partial charge on any atom is -0.364 e. The van der Waals surface area contributed by atoms with Crippen molar-refractivity contribution >= 4 is 22.6 Å². The van der Waals surface area contributed by atoms with Gasteiger partial charge < -0.3 is 4.52 Å². The van der Waals surface area contributed by atoms with Crippen molar-refractivity contribution < 1.29 is 4.52 Å². The Kier molecular flexibility index (Phi) is 1.09. The molecule has 0 unspecified atom stereocenters. The molecule has 0 aliphatic rings. The molecule has 0 atom stereocenters. The quantitative estimate of drug-likeness (QED) is 0.582. The molecule has 0 radical (unpaired) electrons. The highest BCUT2D eigenvalue weighted by atomic mass is 127. The van der Waals surface area contributed by atoms with E-state index in [4.69, 9.17) is 0 Å². The van der Waals surface area contributed by atoms with E-state index < -0.39 is 0 Å². The lowest BCUT2D eigenvalue weighted by Crippen LogP contribution is -1.47. The third-order valence-corrected chi connectivity index (χ3v) is 0.935. The van der Waals surface area contributed by atoms with Crippen LogP contribution >= 0.6 is 22.6 Å². The largest absolute Gasteiger partial charge is 0.364 e. The summed E-state index contributed by atoms with van der Waals surface area (Å²) in [6.07, 6.45) is 3.24. The number of nitrogens with zero attached hydrogens (tertiary/aromatic N) is 1. The van der Waals surface area contributed by atoms with Crippen molar-refractivity contribution in [3.8, 4) is 0 Å². The van der Waals surface area contributed by atoms with Crippen molar-refractivity contribution in [2.45, 2.75) is 0 Å². The molecule has 3 heteroatoms. The Hall–Kier alpha value is -0.0600. The molecule has 32 valence electrons. The zero-order valence-corrected chi connectivity index (χ0v) is 5.05. The second-order valence-electron chi connectivity index (χ2n) is 0.843. The van der Waals surface area contributed by atoms with E-state index in [0.717, 1.165) is 3.57 Å². The fourth-order valence-electron chi connectivity index (χ4n) is 0.192. The summed E-state index contributed by atoms with van der Waals surface area (Å²) in [6, 6.07) is 0. The molecular formula is C3H2INO. The third-order valence-electron chi connectivity index (χ3n) is 0.402. The van der Waals surface area contributed by atoms with Gasteiger partial charge in [0.1, 0.15) is 6.26 Å². The summed E-state index contributed by atoms with van der Waals surface area (Å²) in [5, 5.41) is 3.44. The molecule has 0 N–H and O–H groups in total. The van der Waals surface area contributed by atoms with Crippen molar-refractivity contribution in [2.24, 2.45) is 0 Å². The van der Waals surface area contributed by atoms with E-state index in [1.807, 2.05) is 0 Å². The SMILES string of the molecule is Ic1cnoc1. The van der Waals surface area contributed by atoms with Gasteiger partial charge in [0, 0.05) is 0 Å². The predicted molar refractivity (Wildman–Crippen MR) is 29.2 cm³/mol. The normalized spacial score (nSPS) is 8.83. The Morgan fingerprint density at radius 1 is 1.83 bits per heavy atom. The molecule has 1 aromatic heterocycles. The summed E-state index contributed by atoms with van der Waals surface area (Å²) in [7, 11) is 0. The van der Waals surface area contributed by atoms with Crippen molar-refractivity contribution in [1.29, 1.82) is 0 Å². The molecule has 2 nitrogen and oxygen atoms in total. The van der Waals surface area contributed by atoms with Crippen LogP contribution in [0.2, 0.25) is 0 Å². The van der Waals surface area contributed by atoms with Gasteiger partial charge >= 0.3 is 0 Å². The van der Waals surface area contributed by atoms with Crippen LogP contribution in [-0.4, -0.2) is 5.16 Å². The van der Waals surface area contributed by atoms with Gasteiger partial charge in [0.05, 0.1) is 9.77 Å². The van der Waals surface area contributed by atoms with Crippen molar-refractivity contribution in [1.82, 2.24) is 5.16 Å². The maximum Gasteiger partial charge on any atom is 0.137 e. The van der Waals surface area contributed by atoms with Crippen LogP contribution in [-0.2, 0) is 0 Å². The summed E-state index contributed by atoms with van der Waals surface area (Å²) < 4.78 is 5.49. The second kappa shape index (κ2) is 1.59.